The van der Waals surface area contributed by atoms with E-state index in [2.05, 4.69) is 44.3 Å². The second-order valence-electron chi connectivity index (χ2n) is 3.29. The Hall–Kier alpha value is -1.56. The van der Waals surface area contributed by atoms with Crippen LogP contribution in [0.5, 0.6) is 0 Å². The Morgan fingerprint density at radius 1 is 1.21 bits per heavy atom. The number of hydrogen-bond donors (Lipinski definition) is 0. The van der Waals surface area contributed by atoms with Gasteiger partial charge >= 0.3 is 0 Å². The Balaban J connectivity index is 2.99. The van der Waals surface area contributed by atoms with Crippen molar-refractivity contribution in [2.45, 2.75) is 13.3 Å². The third-order valence-corrected chi connectivity index (χ3v) is 2.11. The van der Waals surface area contributed by atoms with Crippen LogP contribution >= 0.6 is 0 Å². The highest BCUT2D eigenvalue weighted by Crippen LogP contribution is 2.19. The van der Waals surface area contributed by atoms with Crippen molar-refractivity contribution in [2.24, 2.45) is 0 Å². The van der Waals surface area contributed by atoms with Crippen LogP contribution in [0.4, 0.5) is 0 Å². The van der Waals surface area contributed by atoms with Gasteiger partial charge < -0.3 is 0 Å². The van der Waals surface area contributed by atoms with Crippen molar-refractivity contribution in [1.82, 2.24) is 0 Å². The van der Waals surface area contributed by atoms with Crippen LogP contribution in [-0.4, -0.2) is 0 Å². The predicted molar refractivity (Wildman–Crippen MR) is 64.2 cm³/mol. The standard InChI is InChI=1S/C14H16/c1-4-6-13(7-5-2)14-10-8-12(3)9-11-14/h4-6,8-11H,1-2,7H2,3H3/b13-6-. The van der Waals surface area contributed by atoms with E-state index in [9.17, 15) is 0 Å². The molecular weight excluding hydrogens is 168 g/mol. The smallest absolute Gasteiger partial charge is 0.00942 e. The molecule has 0 saturated heterocycles. The van der Waals surface area contributed by atoms with Gasteiger partial charge in [0.25, 0.3) is 0 Å². The topological polar surface area (TPSA) is 0 Å². The summed E-state index contributed by atoms with van der Waals surface area (Å²) in [7, 11) is 0. The summed E-state index contributed by atoms with van der Waals surface area (Å²) in [5.41, 5.74) is 3.79. The first-order chi connectivity index (χ1) is 6.77. The highest BCUT2D eigenvalue weighted by atomic mass is 14.0. The highest BCUT2D eigenvalue weighted by molar-refractivity contribution is 5.68. The van der Waals surface area contributed by atoms with Crippen LogP contribution in [0.3, 0.4) is 0 Å². The Morgan fingerprint density at radius 2 is 1.86 bits per heavy atom. The molecule has 0 aliphatic rings. The van der Waals surface area contributed by atoms with Crippen LogP contribution in [0.25, 0.3) is 5.57 Å². The summed E-state index contributed by atoms with van der Waals surface area (Å²) in [5, 5.41) is 0. The maximum absolute atomic E-state index is 3.75. The van der Waals surface area contributed by atoms with Crippen molar-refractivity contribution in [3.05, 3.63) is 66.8 Å². The Bertz CT molecular complexity index is 339. The van der Waals surface area contributed by atoms with Crippen molar-refractivity contribution < 1.29 is 0 Å². The van der Waals surface area contributed by atoms with E-state index < -0.39 is 0 Å². The fraction of sp³-hybridized carbons (Fsp3) is 0.143. The molecule has 0 radical (unpaired) electrons. The van der Waals surface area contributed by atoms with Crippen LogP contribution in [0.2, 0.25) is 0 Å². The molecule has 0 fully saturated rings. The van der Waals surface area contributed by atoms with E-state index >= 15 is 0 Å². The second kappa shape index (κ2) is 5.23. The molecule has 0 bridgehead atoms. The molecular formula is C14H16. The molecule has 1 aromatic carbocycles. The van der Waals surface area contributed by atoms with Crippen molar-refractivity contribution in [3.63, 3.8) is 0 Å². The van der Waals surface area contributed by atoms with Gasteiger partial charge in [-0.15, -0.1) is 6.58 Å². The Morgan fingerprint density at radius 3 is 2.36 bits per heavy atom. The molecule has 0 spiro atoms. The van der Waals surface area contributed by atoms with E-state index in [0.717, 1.165) is 6.42 Å². The maximum Gasteiger partial charge on any atom is -0.00942 e. The lowest BCUT2D eigenvalue weighted by Crippen LogP contribution is -1.83. The minimum Gasteiger partial charge on any atom is -0.103 e. The summed E-state index contributed by atoms with van der Waals surface area (Å²) < 4.78 is 0. The average molecular weight is 184 g/mol. The van der Waals surface area contributed by atoms with Gasteiger partial charge in [-0.05, 0) is 24.5 Å². The first-order valence-electron chi connectivity index (χ1n) is 4.77. The summed E-state index contributed by atoms with van der Waals surface area (Å²) in [6.45, 7) is 9.56. The molecule has 0 N–H and O–H groups in total. The molecule has 0 aliphatic heterocycles. The average Bonchev–Trinajstić information content (AvgIpc) is 2.19. The maximum atomic E-state index is 3.75. The Kier molecular flexibility index (Phi) is 3.93. The van der Waals surface area contributed by atoms with Crippen molar-refractivity contribution in [2.75, 3.05) is 0 Å². The third kappa shape index (κ3) is 2.74. The molecule has 0 heterocycles. The second-order valence-corrected chi connectivity index (χ2v) is 3.29. The number of hydrogen-bond acceptors (Lipinski definition) is 0. The molecule has 0 aromatic heterocycles. The molecule has 0 nitrogen and oxygen atoms in total. The van der Waals surface area contributed by atoms with Gasteiger partial charge in [-0.1, -0.05) is 54.6 Å². The number of aryl methyl sites for hydroxylation is 1. The minimum absolute atomic E-state index is 0.884. The lowest BCUT2D eigenvalue weighted by atomic mass is 10.0. The normalized spacial score (nSPS) is 11.1. The first-order valence-corrected chi connectivity index (χ1v) is 4.77. The third-order valence-electron chi connectivity index (χ3n) is 2.11. The van der Waals surface area contributed by atoms with Crippen LogP contribution < -0.4 is 0 Å². The fourth-order valence-electron chi connectivity index (χ4n) is 1.35. The summed E-state index contributed by atoms with van der Waals surface area (Å²) in [6.07, 6.45) is 6.65. The Labute approximate surface area is 86.3 Å². The molecule has 0 aliphatic carbocycles. The van der Waals surface area contributed by atoms with Crippen LogP contribution in [0, 0.1) is 6.92 Å². The fourth-order valence-corrected chi connectivity index (χ4v) is 1.35. The van der Waals surface area contributed by atoms with E-state index in [4.69, 9.17) is 0 Å². The molecule has 0 saturated carbocycles. The predicted octanol–water partition coefficient (Wildman–Crippen LogP) is 4.14. The van der Waals surface area contributed by atoms with E-state index in [0.29, 0.717) is 0 Å². The zero-order chi connectivity index (χ0) is 10.4. The van der Waals surface area contributed by atoms with Crippen LogP contribution in [0.1, 0.15) is 17.5 Å². The summed E-state index contributed by atoms with van der Waals surface area (Å²) >= 11 is 0. The number of allylic oxidation sites excluding steroid dienone is 4. The van der Waals surface area contributed by atoms with Crippen molar-refractivity contribution >= 4 is 5.57 Å². The van der Waals surface area contributed by atoms with E-state index in [-0.39, 0.29) is 0 Å². The highest BCUT2D eigenvalue weighted by Gasteiger charge is 1.97. The monoisotopic (exact) mass is 184 g/mol. The minimum atomic E-state index is 0.884. The molecule has 1 rings (SSSR count). The van der Waals surface area contributed by atoms with Gasteiger partial charge in [0.1, 0.15) is 0 Å². The SMILES string of the molecule is C=C/C=C(/CC=C)c1ccc(C)cc1. The molecule has 0 atom stereocenters. The zero-order valence-corrected chi connectivity index (χ0v) is 8.66. The van der Waals surface area contributed by atoms with Gasteiger partial charge in [0.2, 0.25) is 0 Å². The molecule has 0 heteroatoms. The van der Waals surface area contributed by atoms with Gasteiger partial charge in [0.15, 0.2) is 0 Å². The van der Waals surface area contributed by atoms with E-state index in [1.54, 1.807) is 0 Å². The van der Waals surface area contributed by atoms with E-state index in [1.807, 2.05) is 18.2 Å². The lowest BCUT2D eigenvalue weighted by Gasteiger charge is -2.04. The van der Waals surface area contributed by atoms with Crippen LogP contribution in [-0.2, 0) is 0 Å². The summed E-state index contributed by atoms with van der Waals surface area (Å²) in [5.74, 6) is 0. The molecule has 72 valence electrons. The van der Waals surface area contributed by atoms with Crippen LogP contribution in [0.15, 0.2) is 55.7 Å². The van der Waals surface area contributed by atoms with Gasteiger partial charge in [-0.25, -0.2) is 0 Å². The van der Waals surface area contributed by atoms with Crippen molar-refractivity contribution in [1.29, 1.82) is 0 Å². The van der Waals surface area contributed by atoms with Crippen molar-refractivity contribution in [3.8, 4) is 0 Å². The molecule has 0 amide bonds. The number of benzene rings is 1. The first kappa shape index (κ1) is 10.5. The lowest BCUT2D eigenvalue weighted by molar-refractivity contribution is 1.38. The quantitative estimate of drug-likeness (QED) is 0.487. The van der Waals surface area contributed by atoms with E-state index in [1.165, 1.54) is 16.7 Å². The molecule has 0 unspecified atom stereocenters. The molecule has 14 heavy (non-hydrogen) atoms. The van der Waals surface area contributed by atoms with Gasteiger partial charge in [0.05, 0.1) is 0 Å². The largest absolute Gasteiger partial charge is 0.103 e. The summed E-state index contributed by atoms with van der Waals surface area (Å²) in [4.78, 5) is 0. The zero-order valence-electron chi connectivity index (χ0n) is 8.66. The summed E-state index contributed by atoms with van der Waals surface area (Å²) in [6, 6.07) is 8.51. The van der Waals surface area contributed by atoms with Gasteiger partial charge in [0, 0.05) is 0 Å². The van der Waals surface area contributed by atoms with Gasteiger partial charge in [-0.2, -0.15) is 0 Å². The number of rotatable bonds is 4. The van der Waals surface area contributed by atoms with Gasteiger partial charge in [-0.3, -0.25) is 0 Å². The molecule has 1 aromatic rings.